The Balaban J connectivity index is 3.68. The van der Waals surface area contributed by atoms with Gasteiger partial charge in [-0.1, -0.05) is 6.42 Å². The van der Waals surface area contributed by atoms with Crippen LogP contribution in [0, 0.1) is 0 Å². The molecular weight excluding hydrogens is 208 g/mol. The van der Waals surface area contributed by atoms with Crippen LogP contribution in [0.3, 0.4) is 0 Å². The Morgan fingerprint density at radius 3 is 2.31 bits per heavy atom. The highest BCUT2D eigenvalue weighted by atomic mass is 16.6. The summed E-state index contributed by atoms with van der Waals surface area (Å²) in [4.78, 5) is 22.5. The molecular formula is C11H22N2O3. The average molecular weight is 230 g/mol. The Bertz CT molecular complexity index is 234. The van der Waals surface area contributed by atoms with Crippen LogP contribution in [0.5, 0.6) is 0 Å². The molecule has 0 aromatic carbocycles. The van der Waals surface area contributed by atoms with Gasteiger partial charge in [0.1, 0.15) is 5.60 Å². The molecule has 16 heavy (non-hydrogen) atoms. The third-order valence-corrected chi connectivity index (χ3v) is 1.75. The van der Waals surface area contributed by atoms with E-state index < -0.39 is 17.5 Å². The van der Waals surface area contributed by atoms with E-state index in [9.17, 15) is 9.59 Å². The zero-order valence-corrected chi connectivity index (χ0v) is 10.3. The molecule has 0 bridgehead atoms. The first kappa shape index (κ1) is 14.9. The fourth-order valence-electron chi connectivity index (χ4n) is 1.04. The first-order valence-corrected chi connectivity index (χ1v) is 5.58. The van der Waals surface area contributed by atoms with Gasteiger partial charge in [-0.25, -0.2) is 4.79 Å². The van der Waals surface area contributed by atoms with Crippen molar-refractivity contribution < 1.29 is 14.3 Å². The number of nitrogens with two attached hydrogens (primary N) is 1. The van der Waals surface area contributed by atoms with Crippen LogP contribution < -0.4 is 11.1 Å². The van der Waals surface area contributed by atoms with Crippen molar-refractivity contribution >= 4 is 11.9 Å². The number of carbonyl (C=O) groups excluding carboxylic acids is 2. The molecule has 3 N–H and O–H groups in total. The van der Waals surface area contributed by atoms with Crippen LogP contribution in [0.25, 0.3) is 0 Å². The van der Waals surface area contributed by atoms with Gasteiger partial charge in [0, 0.05) is 6.54 Å². The van der Waals surface area contributed by atoms with E-state index in [2.05, 4.69) is 5.32 Å². The van der Waals surface area contributed by atoms with Crippen molar-refractivity contribution in [3.63, 3.8) is 0 Å². The van der Waals surface area contributed by atoms with E-state index in [1.165, 1.54) is 0 Å². The van der Waals surface area contributed by atoms with Crippen LogP contribution in [0.2, 0.25) is 0 Å². The van der Waals surface area contributed by atoms with Crippen LogP contribution in [0.4, 0.5) is 0 Å². The summed E-state index contributed by atoms with van der Waals surface area (Å²) in [6, 6.07) is 0. The van der Waals surface area contributed by atoms with Crippen molar-refractivity contribution in [2.24, 2.45) is 5.73 Å². The van der Waals surface area contributed by atoms with Gasteiger partial charge in [0.05, 0.1) is 0 Å². The summed E-state index contributed by atoms with van der Waals surface area (Å²) < 4.78 is 4.91. The van der Waals surface area contributed by atoms with Gasteiger partial charge < -0.3 is 15.8 Å². The smallest absolute Gasteiger partial charge is 0.397 e. The Labute approximate surface area is 96.7 Å². The van der Waals surface area contributed by atoms with Gasteiger partial charge in [-0.05, 0) is 40.2 Å². The van der Waals surface area contributed by atoms with Crippen LogP contribution in [0.1, 0.15) is 40.0 Å². The molecule has 0 aliphatic carbocycles. The Morgan fingerprint density at radius 1 is 1.19 bits per heavy atom. The van der Waals surface area contributed by atoms with Gasteiger partial charge in [0.25, 0.3) is 0 Å². The maximum Gasteiger partial charge on any atom is 0.397 e. The standard InChI is InChI=1S/C11H22N2O3/c1-11(2,3)16-10(15)9(14)13-8-6-4-5-7-12/h4-8,12H2,1-3H3,(H,13,14). The van der Waals surface area contributed by atoms with E-state index in [1.807, 2.05) is 0 Å². The molecule has 0 spiro atoms. The summed E-state index contributed by atoms with van der Waals surface area (Å²) in [5.74, 6) is -1.51. The molecule has 0 unspecified atom stereocenters. The Hall–Kier alpha value is -1.10. The number of ether oxygens (including phenoxy) is 1. The average Bonchev–Trinajstić information content (AvgIpc) is 2.14. The number of hydrogen-bond acceptors (Lipinski definition) is 4. The van der Waals surface area contributed by atoms with Crippen molar-refractivity contribution in [2.75, 3.05) is 13.1 Å². The number of amides is 1. The fourth-order valence-corrected chi connectivity index (χ4v) is 1.04. The predicted molar refractivity (Wildman–Crippen MR) is 61.8 cm³/mol. The first-order chi connectivity index (χ1) is 7.37. The second-order valence-corrected chi connectivity index (χ2v) is 4.61. The summed E-state index contributed by atoms with van der Waals surface area (Å²) in [7, 11) is 0. The van der Waals surface area contributed by atoms with Crippen LogP contribution in [-0.2, 0) is 14.3 Å². The van der Waals surface area contributed by atoms with Crippen molar-refractivity contribution in [1.29, 1.82) is 0 Å². The SMILES string of the molecule is CC(C)(C)OC(=O)C(=O)NCCCCCN. The lowest BCUT2D eigenvalue weighted by Crippen LogP contribution is -2.37. The molecule has 5 heteroatoms. The molecule has 94 valence electrons. The van der Waals surface area contributed by atoms with E-state index in [4.69, 9.17) is 10.5 Å². The normalized spacial score (nSPS) is 11.0. The van der Waals surface area contributed by atoms with Crippen LogP contribution in [0.15, 0.2) is 0 Å². The van der Waals surface area contributed by atoms with Crippen LogP contribution in [-0.4, -0.2) is 30.6 Å². The monoisotopic (exact) mass is 230 g/mol. The van der Waals surface area contributed by atoms with E-state index in [0.717, 1.165) is 19.3 Å². The molecule has 0 aromatic rings. The van der Waals surface area contributed by atoms with Gasteiger partial charge in [0.15, 0.2) is 0 Å². The summed E-state index contributed by atoms with van der Waals surface area (Å²) in [5, 5.41) is 2.51. The second-order valence-electron chi connectivity index (χ2n) is 4.61. The number of nitrogens with one attached hydrogen (secondary N) is 1. The fraction of sp³-hybridized carbons (Fsp3) is 0.818. The number of carbonyl (C=O) groups is 2. The summed E-state index contributed by atoms with van der Waals surface area (Å²) in [5.41, 5.74) is 4.70. The highest BCUT2D eigenvalue weighted by Gasteiger charge is 2.22. The molecule has 5 nitrogen and oxygen atoms in total. The predicted octanol–water partition coefficient (Wildman–Crippen LogP) is 0.573. The quantitative estimate of drug-likeness (QED) is 0.411. The number of rotatable bonds is 5. The Kier molecular flexibility index (Phi) is 6.72. The third-order valence-electron chi connectivity index (χ3n) is 1.75. The first-order valence-electron chi connectivity index (χ1n) is 5.58. The molecule has 0 fully saturated rings. The lowest BCUT2D eigenvalue weighted by molar-refractivity contribution is -0.163. The summed E-state index contributed by atoms with van der Waals surface area (Å²) in [6.07, 6.45) is 2.71. The summed E-state index contributed by atoms with van der Waals surface area (Å²) >= 11 is 0. The van der Waals surface area contributed by atoms with Crippen LogP contribution >= 0.6 is 0 Å². The number of unbranched alkanes of at least 4 members (excludes halogenated alkanes) is 2. The lowest BCUT2D eigenvalue weighted by Gasteiger charge is -2.18. The molecule has 0 aromatic heterocycles. The van der Waals surface area contributed by atoms with E-state index in [-0.39, 0.29) is 0 Å². The molecule has 1 amide bonds. The molecule has 0 atom stereocenters. The second kappa shape index (κ2) is 7.22. The minimum absolute atomic E-state index is 0.484. The zero-order chi connectivity index (χ0) is 12.6. The van der Waals surface area contributed by atoms with E-state index in [1.54, 1.807) is 20.8 Å². The summed E-state index contributed by atoms with van der Waals surface area (Å²) in [6.45, 7) is 6.30. The molecule has 0 heterocycles. The van der Waals surface area contributed by atoms with Gasteiger partial charge in [-0.2, -0.15) is 0 Å². The van der Waals surface area contributed by atoms with Gasteiger partial charge in [0.2, 0.25) is 0 Å². The van der Waals surface area contributed by atoms with E-state index in [0.29, 0.717) is 13.1 Å². The highest BCUT2D eigenvalue weighted by molar-refractivity contribution is 6.32. The molecule has 0 rings (SSSR count). The van der Waals surface area contributed by atoms with Gasteiger partial charge in [-0.3, -0.25) is 4.79 Å². The van der Waals surface area contributed by atoms with Crippen molar-refractivity contribution in [1.82, 2.24) is 5.32 Å². The number of hydrogen-bond donors (Lipinski definition) is 2. The molecule has 0 saturated heterocycles. The van der Waals surface area contributed by atoms with Gasteiger partial charge in [-0.15, -0.1) is 0 Å². The van der Waals surface area contributed by atoms with Crippen molar-refractivity contribution in [3.05, 3.63) is 0 Å². The van der Waals surface area contributed by atoms with Crippen molar-refractivity contribution in [3.8, 4) is 0 Å². The molecule has 0 radical (unpaired) electrons. The van der Waals surface area contributed by atoms with Crippen molar-refractivity contribution in [2.45, 2.75) is 45.6 Å². The highest BCUT2D eigenvalue weighted by Crippen LogP contribution is 2.06. The molecule has 0 aliphatic heterocycles. The molecule has 0 saturated carbocycles. The minimum Gasteiger partial charge on any atom is -0.453 e. The third kappa shape index (κ3) is 8.23. The topological polar surface area (TPSA) is 81.4 Å². The lowest BCUT2D eigenvalue weighted by atomic mass is 10.2. The van der Waals surface area contributed by atoms with Gasteiger partial charge >= 0.3 is 11.9 Å². The maximum absolute atomic E-state index is 11.2. The maximum atomic E-state index is 11.2. The molecule has 0 aliphatic rings. The zero-order valence-electron chi connectivity index (χ0n) is 10.3. The Morgan fingerprint density at radius 2 is 1.81 bits per heavy atom. The largest absolute Gasteiger partial charge is 0.453 e. The minimum atomic E-state index is -0.827. The van der Waals surface area contributed by atoms with E-state index >= 15 is 0 Å². The number of esters is 1.